The van der Waals surface area contributed by atoms with E-state index in [1.165, 1.54) is 0 Å². The molecule has 21 heavy (non-hydrogen) atoms. The Balaban J connectivity index is 4.16. The molecule has 0 bridgehead atoms. The fraction of sp³-hybridized carbons (Fsp3) is 0.474. The lowest BCUT2D eigenvalue weighted by atomic mass is 10.2. The summed E-state index contributed by atoms with van der Waals surface area (Å²) < 4.78 is 6.20. The standard InChI is InChI=1S/C19H30OSi/c1-8-9-10-11-12-13-14-15-16-18(2)17-20-21(6,7)19(3,4)5/h1,9-16,18H,17H2,2-7H3/b10-9+,12-11+,14-13+,16-15+/t18-/m0/s1. The second-order valence-electron chi connectivity index (χ2n) is 6.73. The first-order valence-electron chi connectivity index (χ1n) is 7.47. The van der Waals surface area contributed by atoms with Crippen LogP contribution in [-0.2, 0) is 4.43 Å². The minimum Gasteiger partial charge on any atom is -0.416 e. The molecule has 0 rings (SSSR count). The number of rotatable bonds is 7. The van der Waals surface area contributed by atoms with E-state index in [1.807, 2.05) is 30.4 Å². The van der Waals surface area contributed by atoms with Gasteiger partial charge in [0, 0.05) is 6.61 Å². The summed E-state index contributed by atoms with van der Waals surface area (Å²) in [6.45, 7) is 14.4. The number of terminal acetylenes is 1. The van der Waals surface area contributed by atoms with Crippen LogP contribution < -0.4 is 0 Å². The van der Waals surface area contributed by atoms with Crippen LogP contribution in [-0.4, -0.2) is 14.9 Å². The average Bonchev–Trinajstić information content (AvgIpc) is 2.38. The summed E-state index contributed by atoms with van der Waals surface area (Å²) in [6.07, 6.45) is 20.7. The summed E-state index contributed by atoms with van der Waals surface area (Å²) in [5.74, 6) is 2.87. The smallest absolute Gasteiger partial charge is 0.192 e. The van der Waals surface area contributed by atoms with Crippen molar-refractivity contribution in [2.45, 2.75) is 45.8 Å². The Labute approximate surface area is 132 Å². The molecule has 0 unspecified atom stereocenters. The first-order chi connectivity index (χ1) is 9.70. The van der Waals surface area contributed by atoms with Crippen LogP contribution in [0.2, 0.25) is 18.1 Å². The van der Waals surface area contributed by atoms with E-state index in [1.54, 1.807) is 6.08 Å². The van der Waals surface area contributed by atoms with Gasteiger partial charge in [-0.05, 0) is 30.1 Å². The molecule has 0 aromatic carbocycles. The van der Waals surface area contributed by atoms with Crippen molar-refractivity contribution in [3.8, 4) is 12.3 Å². The Morgan fingerprint density at radius 2 is 1.57 bits per heavy atom. The molecular weight excluding hydrogens is 272 g/mol. The molecule has 0 aliphatic heterocycles. The molecule has 1 nitrogen and oxygen atoms in total. The monoisotopic (exact) mass is 302 g/mol. The van der Waals surface area contributed by atoms with Gasteiger partial charge in [-0.25, -0.2) is 0 Å². The maximum absolute atomic E-state index is 6.20. The third kappa shape index (κ3) is 9.28. The summed E-state index contributed by atoms with van der Waals surface area (Å²) in [5.41, 5.74) is 0. The lowest BCUT2D eigenvalue weighted by Gasteiger charge is -2.36. The maximum atomic E-state index is 6.20. The molecule has 0 aliphatic rings. The van der Waals surface area contributed by atoms with Gasteiger partial charge in [0.1, 0.15) is 0 Å². The second kappa shape index (κ2) is 9.60. The van der Waals surface area contributed by atoms with Gasteiger partial charge in [0.2, 0.25) is 0 Å². The number of allylic oxidation sites excluding steroid dienone is 7. The molecule has 116 valence electrons. The molecule has 0 amide bonds. The SMILES string of the molecule is C#C/C=C/C=C/C=C/C=C/[C@H](C)CO[Si](C)(C)C(C)(C)C. The van der Waals surface area contributed by atoms with Crippen LogP contribution >= 0.6 is 0 Å². The van der Waals surface area contributed by atoms with Crippen molar-refractivity contribution in [2.24, 2.45) is 5.92 Å². The van der Waals surface area contributed by atoms with Gasteiger partial charge in [-0.3, -0.25) is 0 Å². The molecule has 0 aromatic heterocycles. The maximum Gasteiger partial charge on any atom is 0.192 e. The van der Waals surface area contributed by atoms with Gasteiger partial charge >= 0.3 is 0 Å². The highest BCUT2D eigenvalue weighted by molar-refractivity contribution is 6.74. The molecule has 2 heteroatoms. The number of hydrogen-bond acceptors (Lipinski definition) is 1. The highest BCUT2D eigenvalue weighted by atomic mass is 28.4. The molecule has 0 spiro atoms. The average molecular weight is 303 g/mol. The highest BCUT2D eigenvalue weighted by Crippen LogP contribution is 2.36. The minimum absolute atomic E-state index is 0.271. The Kier molecular flexibility index (Phi) is 9.00. The molecule has 0 fully saturated rings. The summed E-state index contributed by atoms with van der Waals surface area (Å²) >= 11 is 0. The topological polar surface area (TPSA) is 9.23 Å². The Bertz CT molecular complexity index is 439. The van der Waals surface area contributed by atoms with Crippen molar-refractivity contribution in [3.63, 3.8) is 0 Å². The first-order valence-corrected chi connectivity index (χ1v) is 10.4. The van der Waals surface area contributed by atoms with Crippen LogP contribution in [0.5, 0.6) is 0 Å². The quantitative estimate of drug-likeness (QED) is 0.343. The van der Waals surface area contributed by atoms with Crippen molar-refractivity contribution < 1.29 is 4.43 Å². The molecule has 0 aromatic rings. The molecule has 0 saturated carbocycles. The second-order valence-corrected chi connectivity index (χ2v) is 11.5. The van der Waals surface area contributed by atoms with Crippen molar-refractivity contribution >= 4 is 8.32 Å². The van der Waals surface area contributed by atoms with E-state index >= 15 is 0 Å². The van der Waals surface area contributed by atoms with Crippen LogP contribution in [0, 0.1) is 18.3 Å². The molecule has 0 saturated heterocycles. The van der Waals surface area contributed by atoms with Gasteiger partial charge in [-0.2, -0.15) is 0 Å². The van der Waals surface area contributed by atoms with E-state index in [0.717, 1.165) is 6.61 Å². The Morgan fingerprint density at radius 3 is 2.10 bits per heavy atom. The van der Waals surface area contributed by atoms with Gasteiger partial charge in [-0.1, -0.05) is 76.1 Å². The van der Waals surface area contributed by atoms with Crippen molar-refractivity contribution in [1.82, 2.24) is 0 Å². The highest BCUT2D eigenvalue weighted by Gasteiger charge is 2.37. The van der Waals surface area contributed by atoms with Gasteiger partial charge in [-0.15, -0.1) is 6.42 Å². The van der Waals surface area contributed by atoms with Gasteiger partial charge in [0.15, 0.2) is 8.32 Å². The van der Waals surface area contributed by atoms with Crippen molar-refractivity contribution in [2.75, 3.05) is 6.61 Å². The van der Waals surface area contributed by atoms with Crippen LogP contribution in [0.4, 0.5) is 0 Å². The predicted molar refractivity (Wildman–Crippen MR) is 97.7 cm³/mol. The van der Waals surface area contributed by atoms with Crippen molar-refractivity contribution in [1.29, 1.82) is 0 Å². The van der Waals surface area contributed by atoms with Gasteiger partial charge < -0.3 is 4.43 Å². The van der Waals surface area contributed by atoms with Crippen LogP contribution in [0.15, 0.2) is 48.6 Å². The van der Waals surface area contributed by atoms with E-state index < -0.39 is 8.32 Å². The Hall–Kier alpha value is -1.30. The first kappa shape index (κ1) is 19.7. The van der Waals surface area contributed by atoms with E-state index in [0.29, 0.717) is 5.92 Å². The summed E-state index contributed by atoms with van der Waals surface area (Å²) in [6, 6.07) is 0. The Morgan fingerprint density at radius 1 is 1.05 bits per heavy atom. The molecule has 1 atom stereocenters. The van der Waals surface area contributed by atoms with Crippen LogP contribution in [0.25, 0.3) is 0 Å². The summed E-state index contributed by atoms with van der Waals surface area (Å²) in [4.78, 5) is 0. The normalized spacial score (nSPS) is 15.5. The van der Waals surface area contributed by atoms with E-state index in [2.05, 4.69) is 58.9 Å². The largest absolute Gasteiger partial charge is 0.416 e. The predicted octanol–water partition coefficient (Wildman–Crippen LogP) is 5.50. The lowest BCUT2D eigenvalue weighted by molar-refractivity contribution is 0.259. The summed E-state index contributed by atoms with van der Waals surface area (Å²) in [5, 5.41) is 0.271. The molecule has 0 heterocycles. The zero-order valence-corrected chi connectivity index (χ0v) is 15.4. The van der Waals surface area contributed by atoms with E-state index in [4.69, 9.17) is 10.8 Å². The van der Waals surface area contributed by atoms with E-state index in [9.17, 15) is 0 Å². The van der Waals surface area contributed by atoms with E-state index in [-0.39, 0.29) is 5.04 Å². The minimum atomic E-state index is -1.63. The summed E-state index contributed by atoms with van der Waals surface area (Å²) in [7, 11) is -1.63. The van der Waals surface area contributed by atoms with Crippen LogP contribution in [0.3, 0.4) is 0 Å². The van der Waals surface area contributed by atoms with Crippen molar-refractivity contribution in [3.05, 3.63) is 48.6 Å². The third-order valence-electron chi connectivity index (χ3n) is 3.70. The van der Waals surface area contributed by atoms with Gasteiger partial charge in [0.05, 0.1) is 0 Å². The molecule has 0 aliphatic carbocycles. The van der Waals surface area contributed by atoms with Crippen LogP contribution in [0.1, 0.15) is 27.7 Å². The molecular formula is C19H30OSi. The third-order valence-corrected chi connectivity index (χ3v) is 8.20. The zero-order valence-electron chi connectivity index (χ0n) is 14.4. The zero-order chi connectivity index (χ0) is 16.4. The fourth-order valence-electron chi connectivity index (χ4n) is 1.23. The molecule has 0 radical (unpaired) electrons. The lowest BCUT2D eigenvalue weighted by Crippen LogP contribution is -2.41. The number of hydrogen-bond donors (Lipinski definition) is 0. The van der Waals surface area contributed by atoms with Gasteiger partial charge in [0.25, 0.3) is 0 Å². The fourth-order valence-corrected chi connectivity index (χ4v) is 2.35. The molecule has 0 N–H and O–H groups in total.